The molecule has 0 aromatic rings. The summed E-state index contributed by atoms with van der Waals surface area (Å²) >= 11 is 0. The number of aliphatic hydroxyl groups excluding tert-OH is 1. The van der Waals surface area contributed by atoms with Gasteiger partial charge in [0, 0.05) is 58.1 Å². The highest BCUT2D eigenvalue weighted by Crippen LogP contribution is 2.54. The smallest absolute Gasteiger partial charge is 0.406 e. The number of Topliss-reactive ketones (excluding diaryl/α,β-unsaturated/α-hetero) is 1. The predicted molar refractivity (Wildman–Crippen MR) is 198 cm³/mol. The number of nitrogens with one attached hydrogen (secondary N) is 1. The highest BCUT2D eigenvalue weighted by molar-refractivity contribution is 5.79. The Bertz CT molecular complexity index is 1510. The normalized spacial score (nSPS) is 49.3. The van der Waals surface area contributed by atoms with Gasteiger partial charge in [0.2, 0.25) is 0 Å². The molecule has 0 radical (unpaired) electrons. The lowest BCUT2D eigenvalue weighted by atomic mass is 9.81. The Labute approximate surface area is 329 Å². The van der Waals surface area contributed by atoms with Gasteiger partial charge in [-0.05, 0) is 62.0 Å². The molecule has 0 unspecified atom stereocenters. The molecule has 2 N–H and O–H groups in total. The van der Waals surface area contributed by atoms with Crippen LogP contribution in [0.5, 0.6) is 0 Å². The van der Waals surface area contributed by atoms with Crippen LogP contribution in [0.2, 0.25) is 0 Å². The number of methoxy groups -OCH3 is 2. The van der Waals surface area contributed by atoms with E-state index in [1.807, 2.05) is 0 Å². The van der Waals surface area contributed by atoms with Gasteiger partial charge in [0.1, 0.15) is 36.3 Å². The van der Waals surface area contributed by atoms with Crippen LogP contribution in [0.3, 0.4) is 0 Å². The molecule has 10 aliphatic rings. The van der Waals surface area contributed by atoms with E-state index in [1.165, 1.54) is 7.11 Å². The number of hydrogen-bond donors (Lipinski definition) is 2. The van der Waals surface area contributed by atoms with Crippen molar-refractivity contribution in [2.45, 2.75) is 194 Å². The molecule has 0 aromatic carbocycles. The Kier molecular flexibility index (Phi) is 11.2. The van der Waals surface area contributed by atoms with Gasteiger partial charge >= 0.3 is 6.09 Å². The second-order valence-electron chi connectivity index (χ2n) is 18.1. The number of rotatable bonds is 5. The fourth-order valence-electron chi connectivity index (χ4n) is 11.5. The van der Waals surface area contributed by atoms with E-state index >= 15 is 0 Å². The van der Waals surface area contributed by atoms with Crippen LogP contribution in [-0.2, 0) is 52.2 Å². The quantitative estimate of drug-likeness (QED) is 0.388. The molecule has 10 saturated heterocycles. The summed E-state index contributed by atoms with van der Waals surface area (Å²) in [6.45, 7) is 11.1. The molecule has 19 atom stereocenters. The average molecular weight is 788 g/mol. The van der Waals surface area contributed by atoms with E-state index < -0.39 is 36.3 Å². The first kappa shape index (κ1) is 39.5. The van der Waals surface area contributed by atoms with Crippen LogP contribution in [0.25, 0.3) is 0 Å². The maximum atomic E-state index is 14.2. The van der Waals surface area contributed by atoms with Gasteiger partial charge in [-0.15, -0.1) is 0 Å². The van der Waals surface area contributed by atoms with Gasteiger partial charge in [0.15, 0.2) is 5.79 Å². The zero-order valence-electron chi connectivity index (χ0n) is 33.1. The number of aliphatic hydroxyl groups is 1. The van der Waals surface area contributed by atoms with E-state index in [9.17, 15) is 14.7 Å². The summed E-state index contributed by atoms with van der Waals surface area (Å²) in [5.41, 5.74) is 2.14. The van der Waals surface area contributed by atoms with Gasteiger partial charge in [-0.25, -0.2) is 4.79 Å². The first-order valence-corrected chi connectivity index (χ1v) is 21.2. The van der Waals surface area contributed by atoms with Crippen LogP contribution < -0.4 is 5.32 Å². The van der Waals surface area contributed by atoms with Gasteiger partial charge in [0.05, 0.1) is 74.3 Å². The molecule has 312 valence electrons. The van der Waals surface area contributed by atoms with Gasteiger partial charge in [-0.1, -0.05) is 20.1 Å². The number of amides is 1. The number of carbonyl (C=O) groups excluding carboxylic acids is 2. The number of carbonyl (C=O) groups is 2. The van der Waals surface area contributed by atoms with Crippen molar-refractivity contribution in [1.82, 2.24) is 5.32 Å². The van der Waals surface area contributed by atoms with Crippen molar-refractivity contribution in [3.8, 4) is 0 Å². The summed E-state index contributed by atoms with van der Waals surface area (Å²) in [6, 6.07) is 0. The van der Waals surface area contributed by atoms with E-state index in [-0.39, 0.29) is 117 Å². The zero-order valence-corrected chi connectivity index (χ0v) is 33.1. The average Bonchev–Trinajstić information content (AvgIpc) is 3.85. The summed E-state index contributed by atoms with van der Waals surface area (Å²) in [5, 5.41) is 13.5. The van der Waals surface area contributed by atoms with E-state index in [2.05, 4.69) is 30.1 Å². The molecule has 10 heterocycles. The number of hydrogen-bond acceptors (Lipinski definition) is 13. The van der Waals surface area contributed by atoms with Gasteiger partial charge in [-0.2, -0.15) is 0 Å². The molecule has 1 spiro atoms. The highest BCUT2D eigenvalue weighted by atomic mass is 16.8. The molecule has 0 saturated carbocycles. The molecule has 14 heteroatoms. The van der Waals surface area contributed by atoms with Crippen LogP contribution in [0.4, 0.5) is 4.79 Å². The third-order valence-electron chi connectivity index (χ3n) is 14.4. The van der Waals surface area contributed by atoms with Crippen molar-refractivity contribution < 1.29 is 62.1 Å². The Morgan fingerprint density at radius 3 is 2.39 bits per heavy atom. The summed E-state index contributed by atoms with van der Waals surface area (Å²) < 4.78 is 64.8. The second-order valence-corrected chi connectivity index (χ2v) is 18.1. The SMILES string of the molecule is C=C1C[C@@H]2CC[C@@]34C[C@H]5O[C@H]6[C@@H](O3)[C@H]3O[C@H](CC[C@@H]3O[C@H]6[C@H]5O4)CC(=O)C[C@@H]3[C@@H](OC)[C@@H](C[C@H](O)CNC(=O)OC)O[C@H]3C[C@H]3O[C@@H](CC[C@@H]1O2)C[C@@H](C)C3=C. The van der Waals surface area contributed by atoms with E-state index in [1.54, 1.807) is 7.11 Å². The topological polar surface area (TPSA) is 159 Å². The fourth-order valence-corrected chi connectivity index (χ4v) is 11.5. The predicted octanol–water partition coefficient (Wildman–Crippen LogP) is 3.84. The van der Waals surface area contributed by atoms with Crippen LogP contribution in [-0.4, -0.2) is 141 Å². The van der Waals surface area contributed by atoms with Crippen molar-refractivity contribution in [3.05, 3.63) is 24.3 Å². The van der Waals surface area contributed by atoms with Crippen molar-refractivity contribution in [2.24, 2.45) is 11.8 Å². The number of alkyl carbamates (subject to hydrolysis) is 1. The lowest BCUT2D eigenvalue weighted by molar-refractivity contribution is -0.292. The molecule has 0 aliphatic carbocycles. The van der Waals surface area contributed by atoms with E-state index in [0.29, 0.717) is 25.7 Å². The number of fused-ring (bicyclic) bond motifs is 6. The summed E-state index contributed by atoms with van der Waals surface area (Å²) in [7, 11) is 2.90. The highest BCUT2D eigenvalue weighted by Gasteiger charge is 2.68. The minimum Gasteiger partial charge on any atom is -0.453 e. The summed E-state index contributed by atoms with van der Waals surface area (Å²) in [4.78, 5) is 25.9. The van der Waals surface area contributed by atoms with Crippen molar-refractivity contribution >= 4 is 11.9 Å². The summed E-state index contributed by atoms with van der Waals surface area (Å²) in [6.07, 6.45) is 2.89. The molecule has 14 nitrogen and oxygen atoms in total. The maximum Gasteiger partial charge on any atom is 0.406 e. The Hall–Kier alpha value is -1.98. The van der Waals surface area contributed by atoms with E-state index in [0.717, 1.165) is 49.7 Å². The lowest BCUT2D eigenvalue weighted by Gasteiger charge is -2.47. The molecule has 10 rings (SSSR count). The molecule has 10 fully saturated rings. The number of ether oxygens (including phenoxy) is 10. The Morgan fingerprint density at radius 1 is 0.821 bits per heavy atom. The summed E-state index contributed by atoms with van der Waals surface area (Å²) in [5.74, 6) is -0.802. The standard InChI is InChI=1S/C42H61NO13/c1-20-12-25-6-8-29-21(2)13-27(49-29)10-11-42-18-34-37(55-42)38-39(54-34)40(56-42)36-30(53-38)9-7-26(51-36)14-23(44)15-28-32(17-31(50-25)22(20)3)52-33(35(28)47-4)16-24(45)19-43-41(46)48-5/h20,24-40,45H,2-3,6-19H2,1,4-5H3,(H,43,46)/t20-,24+,25+,26-,27+,28+,29+,30+,31-,32+,33-,34-,35-,36+,37+,38+,39-,40+,42+/m1/s1. The van der Waals surface area contributed by atoms with Gasteiger partial charge in [-0.3, -0.25) is 4.79 Å². The Morgan fingerprint density at radius 2 is 1.57 bits per heavy atom. The van der Waals surface area contributed by atoms with Gasteiger partial charge in [0.25, 0.3) is 0 Å². The first-order valence-electron chi connectivity index (χ1n) is 21.2. The van der Waals surface area contributed by atoms with Crippen LogP contribution in [0.1, 0.15) is 90.4 Å². The van der Waals surface area contributed by atoms with Crippen LogP contribution in [0, 0.1) is 11.8 Å². The van der Waals surface area contributed by atoms with Gasteiger partial charge < -0.3 is 57.8 Å². The molecule has 56 heavy (non-hydrogen) atoms. The van der Waals surface area contributed by atoms with Crippen molar-refractivity contribution in [2.75, 3.05) is 20.8 Å². The largest absolute Gasteiger partial charge is 0.453 e. The maximum absolute atomic E-state index is 14.2. The molecular formula is C42H61NO13. The second kappa shape index (κ2) is 15.9. The minimum atomic E-state index is -0.915. The van der Waals surface area contributed by atoms with Crippen LogP contribution >= 0.6 is 0 Å². The van der Waals surface area contributed by atoms with E-state index in [4.69, 9.17) is 42.6 Å². The lowest BCUT2D eigenvalue weighted by Crippen LogP contribution is -2.61. The fraction of sp³-hybridized carbons (Fsp3) is 0.857. The zero-order chi connectivity index (χ0) is 38.9. The molecule has 12 bridgehead atoms. The minimum absolute atomic E-state index is 0.00548. The first-order chi connectivity index (χ1) is 27.0. The molecule has 1 amide bonds. The third-order valence-corrected chi connectivity index (χ3v) is 14.4. The Balaban J connectivity index is 0.974. The molecular weight excluding hydrogens is 726 g/mol. The van der Waals surface area contributed by atoms with Crippen molar-refractivity contribution in [1.29, 1.82) is 0 Å². The van der Waals surface area contributed by atoms with Crippen LogP contribution in [0.15, 0.2) is 24.3 Å². The van der Waals surface area contributed by atoms with Crippen molar-refractivity contribution in [3.63, 3.8) is 0 Å². The third kappa shape index (κ3) is 7.54. The monoisotopic (exact) mass is 787 g/mol. The molecule has 0 aromatic heterocycles. The number of ketones is 1. The molecule has 10 aliphatic heterocycles.